The number of hydrogen-bond acceptors (Lipinski definition) is 4. The molecule has 0 aliphatic carbocycles. The molecular weight excluding hydrogens is 847 g/mol. The molecule has 0 aliphatic rings. The maximum absolute atomic E-state index is 11.6. The molecule has 4 nitrogen and oxygen atoms in total. The first kappa shape index (κ1) is 23.6. The summed E-state index contributed by atoms with van der Waals surface area (Å²) in [6, 6.07) is 11.3. The maximum atomic E-state index is 11.6. The van der Waals surface area contributed by atoms with Crippen molar-refractivity contribution in [1.29, 1.82) is 0 Å². The summed E-state index contributed by atoms with van der Waals surface area (Å²) < 4.78 is 3.61. The summed E-state index contributed by atoms with van der Waals surface area (Å²) in [6.07, 6.45) is 3.30. The second kappa shape index (κ2) is 10.4. The van der Waals surface area contributed by atoms with Gasteiger partial charge in [-0.25, -0.2) is 0 Å². The minimum atomic E-state index is 0. The van der Waals surface area contributed by atoms with Gasteiger partial charge in [-0.15, -0.1) is 0 Å². The first-order valence-corrected chi connectivity index (χ1v) is 11.5. The summed E-state index contributed by atoms with van der Waals surface area (Å²) in [4.78, 5) is 8.16. The third kappa shape index (κ3) is 5.27. The molecule has 2 aromatic carbocycles. The average molecular weight is 855 g/mol. The summed E-state index contributed by atoms with van der Waals surface area (Å²) in [5.41, 5.74) is 1.14. The SMILES string of the molecule is [Cu+2].[O-]c1c(I)cc(I)c2cccnc12.[O-]c1c(I)cc(I)c2cccnc12. The van der Waals surface area contributed by atoms with Crippen LogP contribution in [0, 0.1) is 14.3 Å². The second-order valence-electron chi connectivity index (χ2n) is 5.14. The third-order valence-electron chi connectivity index (χ3n) is 3.50. The van der Waals surface area contributed by atoms with Crippen molar-refractivity contribution in [3.05, 3.63) is 63.1 Å². The van der Waals surface area contributed by atoms with Crippen molar-refractivity contribution in [3.63, 3.8) is 0 Å². The molecule has 4 aromatic rings. The van der Waals surface area contributed by atoms with Gasteiger partial charge in [0.05, 0.1) is 11.0 Å². The molecule has 0 bridgehead atoms. The van der Waals surface area contributed by atoms with E-state index in [1.807, 2.05) is 81.6 Å². The van der Waals surface area contributed by atoms with Crippen molar-refractivity contribution < 1.29 is 27.3 Å². The van der Waals surface area contributed by atoms with Gasteiger partial charge >= 0.3 is 17.1 Å². The van der Waals surface area contributed by atoms with E-state index < -0.39 is 0 Å². The molecule has 0 spiro atoms. The number of fused-ring (bicyclic) bond motifs is 2. The first-order chi connectivity index (χ1) is 12.4. The van der Waals surface area contributed by atoms with E-state index in [1.54, 1.807) is 12.4 Å². The number of halogens is 4. The monoisotopic (exact) mass is 855 g/mol. The molecule has 0 N–H and O–H groups in total. The van der Waals surface area contributed by atoms with Crippen molar-refractivity contribution in [3.8, 4) is 11.5 Å². The topological polar surface area (TPSA) is 71.9 Å². The molecule has 27 heavy (non-hydrogen) atoms. The number of pyridine rings is 2. The minimum absolute atomic E-state index is 0. The molecule has 0 amide bonds. The van der Waals surface area contributed by atoms with Gasteiger partial charge in [-0.2, -0.15) is 0 Å². The molecule has 0 aliphatic heterocycles. The van der Waals surface area contributed by atoms with Gasteiger partial charge in [0, 0.05) is 37.4 Å². The zero-order chi connectivity index (χ0) is 18.8. The first-order valence-electron chi connectivity index (χ1n) is 7.19. The molecule has 141 valence electrons. The summed E-state index contributed by atoms with van der Waals surface area (Å²) >= 11 is 8.51. The fraction of sp³-hybridized carbons (Fsp3) is 0. The van der Waals surface area contributed by atoms with E-state index in [-0.39, 0.29) is 28.6 Å². The fourth-order valence-electron chi connectivity index (χ4n) is 2.29. The van der Waals surface area contributed by atoms with Crippen LogP contribution in [0.15, 0.2) is 48.8 Å². The van der Waals surface area contributed by atoms with Crippen LogP contribution in [0.4, 0.5) is 0 Å². The predicted octanol–water partition coefficient (Wildman–Crippen LogP) is 5.03. The Labute approximate surface area is 221 Å². The zero-order valence-electron chi connectivity index (χ0n) is 13.1. The molecule has 0 saturated carbocycles. The zero-order valence-corrected chi connectivity index (χ0v) is 22.7. The molecule has 0 unspecified atom stereocenters. The Balaban J connectivity index is 0.000000187. The van der Waals surface area contributed by atoms with Gasteiger partial charge in [0.2, 0.25) is 0 Å². The molecule has 2 aromatic heterocycles. The minimum Gasteiger partial charge on any atom is -0.870 e. The molecule has 2 heterocycles. The summed E-state index contributed by atoms with van der Waals surface area (Å²) in [7, 11) is 0. The van der Waals surface area contributed by atoms with E-state index in [0.29, 0.717) is 11.0 Å². The molecule has 0 fully saturated rings. The Morgan fingerprint density at radius 3 is 1.37 bits per heavy atom. The van der Waals surface area contributed by atoms with Gasteiger partial charge in [0.25, 0.3) is 0 Å². The Hall–Kier alpha value is 0.299. The molecular formula is C18H8CuI4N2O2. The van der Waals surface area contributed by atoms with Crippen molar-refractivity contribution in [2.45, 2.75) is 0 Å². The van der Waals surface area contributed by atoms with Gasteiger partial charge in [-0.1, -0.05) is 23.6 Å². The summed E-state index contributed by atoms with van der Waals surface area (Å²) in [6.45, 7) is 0. The second-order valence-corrected chi connectivity index (χ2v) is 9.79. The van der Waals surface area contributed by atoms with E-state index in [0.717, 1.165) is 25.1 Å². The third-order valence-corrected chi connectivity index (χ3v) is 6.89. The van der Waals surface area contributed by atoms with Crippen LogP contribution in [0.3, 0.4) is 0 Å². The Bertz CT molecular complexity index is 1040. The van der Waals surface area contributed by atoms with Gasteiger partial charge in [-0.3, -0.25) is 9.97 Å². The number of aromatic nitrogens is 2. The Morgan fingerprint density at radius 2 is 1.00 bits per heavy atom. The predicted molar refractivity (Wildman–Crippen MR) is 133 cm³/mol. The van der Waals surface area contributed by atoms with E-state index in [2.05, 4.69) is 55.1 Å². The van der Waals surface area contributed by atoms with Crippen LogP contribution in [-0.4, -0.2) is 9.97 Å². The average Bonchev–Trinajstić information content (AvgIpc) is 2.65. The molecule has 9 heteroatoms. The molecule has 1 radical (unpaired) electrons. The fourth-order valence-corrected chi connectivity index (χ4v) is 6.11. The van der Waals surface area contributed by atoms with Crippen molar-refractivity contribution in [1.82, 2.24) is 9.97 Å². The smallest absolute Gasteiger partial charge is 0.870 e. The molecule has 4 rings (SSSR count). The summed E-state index contributed by atoms with van der Waals surface area (Å²) in [5.74, 6) is 0.0493. The van der Waals surface area contributed by atoms with Crippen LogP contribution >= 0.6 is 90.4 Å². The van der Waals surface area contributed by atoms with E-state index in [9.17, 15) is 10.2 Å². The van der Waals surface area contributed by atoms with Gasteiger partial charge < -0.3 is 10.2 Å². The van der Waals surface area contributed by atoms with E-state index in [4.69, 9.17) is 0 Å². The Morgan fingerprint density at radius 1 is 0.630 bits per heavy atom. The quantitative estimate of drug-likeness (QED) is 0.184. The largest absolute Gasteiger partial charge is 2.00 e. The van der Waals surface area contributed by atoms with Crippen LogP contribution in [0.5, 0.6) is 11.5 Å². The van der Waals surface area contributed by atoms with Crippen LogP contribution in [-0.2, 0) is 17.1 Å². The van der Waals surface area contributed by atoms with Gasteiger partial charge in [-0.05, 0) is 115 Å². The van der Waals surface area contributed by atoms with Crippen LogP contribution in [0.2, 0.25) is 0 Å². The molecule has 0 atom stereocenters. The van der Waals surface area contributed by atoms with Gasteiger partial charge in [0.15, 0.2) is 0 Å². The van der Waals surface area contributed by atoms with Gasteiger partial charge in [0.1, 0.15) is 0 Å². The van der Waals surface area contributed by atoms with Crippen molar-refractivity contribution in [2.75, 3.05) is 0 Å². The Kier molecular flexibility index (Phi) is 9.05. The standard InChI is InChI=1S/2C9H5I2NO.Cu/c2*10-6-4-7(11)9(13)8-5(6)2-1-3-12-8;/h2*1-4,13H;/q;;+2/p-2. The number of rotatable bonds is 0. The number of benzene rings is 2. The van der Waals surface area contributed by atoms with E-state index >= 15 is 0 Å². The molecule has 0 saturated heterocycles. The normalized spacial score (nSPS) is 10.2. The number of hydrogen-bond donors (Lipinski definition) is 0. The van der Waals surface area contributed by atoms with Crippen LogP contribution in [0.25, 0.3) is 21.8 Å². The van der Waals surface area contributed by atoms with Crippen LogP contribution in [0.1, 0.15) is 0 Å². The van der Waals surface area contributed by atoms with E-state index in [1.165, 1.54) is 0 Å². The van der Waals surface area contributed by atoms with Crippen LogP contribution < -0.4 is 10.2 Å². The number of nitrogens with zero attached hydrogens (tertiary/aromatic N) is 2. The van der Waals surface area contributed by atoms with Crippen molar-refractivity contribution in [2.24, 2.45) is 0 Å². The van der Waals surface area contributed by atoms with Crippen molar-refractivity contribution >= 4 is 112 Å². The summed E-state index contributed by atoms with van der Waals surface area (Å²) in [5, 5.41) is 25.1. The maximum Gasteiger partial charge on any atom is 2.00 e.